The molecule has 0 bridgehead atoms. The van der Waals surface area contributed by atoms with Gasteiger partial charge >= 0.3 is 0 Å². The predicted molar refractivity (Wildman–Crippen MR) is 67.2 cm³/mol. The van der Waals surface area contributed by atoms with Crippen molar-refractivity contribution in [3.05, 3.63) is 36.5 Å². The maximum atomic E-state index is 5.59. The summed E-state index contributed by atoms with van der Waals surface area (Å²) in [5, 5.41) is 4.13. The van der Waals surface area contributed by atoms with E-state index in [2.05, 4.69) is 15.1 Å². The summed E-state index contributed by atoms with van der Waals surface area (Å²) in [7, 11) is 1.63. The molecule has 0 saturated carbocycles. The quantitative estimate of drug-likeness (QED) is 0.733. The van der Waals surface area contributed by atoms with Crippen molar-refractivity contribution >= 4 is 11.7 Å². The number of benzene rings is 1. The van der Waals surface area contributed by atoms with Gasteiger partial charge in [-0.2, -0.15) is 9.50 Å². The Bertz CT molecular complexity index is 707. The molecular weight excluding hydrogens is 230 g/mol. The molecule has 2 aromatic heterocycles. The Morgan fingerprint density at radius 2 is 2.06 bits per heavy atom. The molecule has 0 fully saturated rings. The van der Waals surface area contributed by atoms with Crippen LogP contribution in [-0.2, 0) is 0 Å². The predicted octanol–water partition coefficient (Wildman–Crippen LogP) is 1.38. The second kappa shape index (κ2) is 3.99. The molecule has 18 heavy (non-hydrogen) atoms. The fraction of sp³-hybridized carbons (Fsp3) is 0.0833. The first kappa shape index (κ1) is 10.5. The normalized spacial score (nSPS) is 10.7. The summed E-state index contributed by atoms with van der Waals surface area (Å²) in [6, 6.07) is 9.53. The molecule has 0 unspecified atom stereocenters. The minimum Gasteiger partial charge on any atom is -0.496 e. The van der Waals surface area contributed by atoms with Crippen LogP contribution in [-0.4, -0.2) is 26.7 Å². The summed E-state index contributed by atoms with van der Waals surface area (Å²) in [5.41, 5.74) is 7.34. The molecule has 90 valence electrons. The average molecular weight is 241 g/mol. The van der Waals surface area contributed by atoms with Crippen molar-refractivity contribution in [2.75, 3.05) is 12.8 Å². The Balaban J connectivity index is 2.31. The Hall–Kier alpha value is -2.63. The second-order valence-corrected chi connectivity index (χ2v) is 3.71. The van der Waals surface area contributed by atoms with Crippen molar-refractivity contribution < 1.29 is 4.74 Å². The molecule has 0 saturated heterocycles. The third kappa shape index (κ3) is 1.55. The lowest BCUT2D eigenvalue weighted by atomic mass is 10.1. The minimum absolute atomic E-state index is 0.199. The number of nitrogens with zero attached hydrogens (tertiary/aromatic N) is 4. The summed E-state index contributed by atoms with van der Waals surface area (Å²) in [5.74, 6) is 1.43. The molecule has 6 nitrogen and oxygen atoms in total. The molecule has 2 heterocycles. The molecule has 3 aromatic rings. The molecule has 3 rings (SSSR count). The minimum atomic E-state index is 0.199. The van der Waals surface area contributed by atoms with E-state index >= 15 is 0 Å². The molecule has 0 aliphatic heterocycles. The summed E-state index contributed by atoms with van der Waals surface area (Å²) in [6.07, 6.45) is 1.67. The molecule has 2 N–H and O–H groups in total. The molecule has 0 aliphatic carbocycles. The van der Waals surface area contributed by atoms with Gasteiger partial charge in [0, 0.05) is 11.8 Å². The Kier molecular flexibility index (Phi) is 2.33. The molecule has 6 heteroatoms. The van der Waals surface area contributed by atoms with Crippen LogP contribution in [0.4, 0.5) is 5.95 Å². The number of aromatic nitrogens is 4. The molecular formula is C12H11N5O. The fourth-order valence-corrected chi connectivity index (χ4v) is 1.87. The third-order valence-electron chi connectivity index (χ3n) is 2.64. The number of rotatable bonds is 2. The number of fused-ring (bicyclic) bond motifs is 1. The van der Waals surface area contributed by atoms with Crippen molar-refractivity contribution in [3.63, 3.8) is 0 Å². The zero-order valence-electron chi connectivity index (χ0n) is 9.74. The highest BCUT2D eigenvalue weighted by molar-refractivity contribution is 5.68. The van der Waals surface area contributed by atoms with Crippen LogP contribution in [0.3, 0.4) is 0 Å². The maximum Gasteiger partial charge on any atom is 0.254 e. The van der Waals surface area contributed by atoms with E-state index in [1.165, 1.54) is 0 Å². The van der Waals surface area contributed by atoms with E-state index in [1.807, 2.05) is 30.3 Å². The van der Waals surface area contributed by atoms with Crippen molar-refractivity contribution in [2.45, 2.75) is 0 Å². The monoisotopic (exact) mass is 241 g/mol. The first-order chi connectivity index (χ1) is 8.79. The first-order valence-electron chi connectivity index (χ1n) is 5.40. The number of ether oxygens (including phenoxy) is 1. The van der Waals surface area contributed by atoms with E-state index in [9.17, 15) is 0 Å². The number of nitrogens with two attached hydrogens (primary N) is 1. The molecule has 0 atom stereocenters. The van der Waals surface area contributed by atoms with Gasteiger partial charge < -0.3 is 10.5 Å². The van der Waals surface area contributed by atoms with Crippen LogP contribution in [0, 0.1) is 0 Å². The average Bonchev–Trinajstić information content (AvgIpc) is 2.78. The van der Waals surface area contributed by atoms with Crippen LogP contribution in [0.2, 0.25) is 0 Å². The highest BCUT2D eigenvalue weighted by atomic mass is 16.5. The van der Waals surface area contributed by atoms with Crippen LogP contribution in [0.25, 0.3) is 17.0 Å². The van der Waals surface area contributed by atoms with Gasteiger partial charge in [-0.05, 0) is 18.2 Å². The smallest absolute Gasteiger partial charge is 0.254 e. The zero-order valence-corrected chi connectivity index (χ0v) is 9.74. The zero-order chi connectivity index (χ0) is 12.5. The van der Waals surface area contributed by atoms with E-state index in [0.29, 0.717) is 5.78 Å². The van der Waals surface area contributed by atoms with E-state index in [0.717, 1.165) is 17.0 Å². The van der Waals surface area contributed by atoms with E-state index in [-0.39, 0.29) is 5.95 Å². The number of anilines is 1. The Morgan fingerprint density at radius 3 is 2.89 bits per heavy atom. The van der Waals surface area contributed by atoms with Gasteiger partial charge in [-0.15, -0.1) is 5.10 Å². The number of hydrogen-bond donors (Lipinski definition) is 1. The van der Waals surface area contributed by atoms with Crippen LogP contribution in [0.1, 0.15) is 0 Å². The van der Waals surface area contributed by atoms with Crippen molar-refractivity contribution in [3.8, 4) is 17.0 Å². The van der Waals surface area contributed by atoms with Crippen LogP contribution in [0.15, 0.2) is 36.5 Å². The molecule has 0 aliphatic rings. The largest absolute Gasteiger partial charge is 0.496 e. The van der Waals surface area contributed by atoms with Crippen LogP contribution in [0.5, 0.6) is 5.75 Å². The second-order valence-electron chi connectivity index (χ2n) is 3.71. The van der Waals surface area contributed by atoms with Gasteiger partial charge in [-0.3, -0.25) is 0 Å². The lowest BCUT2D eigenvalue weighted by Crippen LogP contribution is -1.98. The van der Waals surface area contributed by atoms with Gasteiger partial charge in [0.2, 0.25) is 5.95 Å². The molecule has 0 radical (unpaired) electrons. The molecule has 0 amide bonds. The number of nitrogen functional groups attached to an aromatic ring is 1. The van der Waals surface area contributed by atoms with E-state index in [4.69, 9.17) is 10.5 Å². The van der Waals surface area contributed by atoms with Gasteiger partial charge in [-0.1, -0.05) is 12.1 Å². The SMILES string of the molecule is COc1ccccc1-c1ccnc2nc(N)nn12. The molecule has 1 aromatic carbocycles. The summed E-state index contributed by atoms with van der Waals surface area (Å²) in [6.45, 7) is 0. The standard InChI is InChI=1S/C12H11N5O/c1-18-10-5-3-2-4-8(10)9-6-7-14-12-15-11(13)16-17(9)12/h2-7H,1H3,(H2,13,16). The van der Waals surface area contributed by atoms with Gasteiger partial charge in [0.25, 0.3) is 5.78 Å². The number of para-hydroxylation sites is 1. The molecule has 0 spiro atoms. The Labute approximate surface area is 103 Å². The maximum absolute atomic E-state index is 5.59. The highest BCUT2D eigenvalue weighted by Crippen LogP contribution is 2.29. The number of hydrogen-bond acceptors (Lipinski definition) is 5. The highest BCUT2D eigenvalue weighted by Gasteiger charge is 2.11. The first-order valence-corrected chi connectivity index (χ1v) is 5.40. The van der Waals surface area contributed by atoms with Gasteiger partial charge in [0.05, 0.1) is 12.8 Å². The van der Waals surface area contributed by atoms with Gasteiger partial charge in [-0.25, -0.2) is 4.98 Å². The van der Waals surface area contributed by atoms with Crippen molar-refractivity contribution in [2.24, 2.45) is 0 Å². The third-order valence-corrected chi connectivity index (χ3v) is 2.64. The summed E-state index contributed by atoms with van der Waals surface area (Å²) >= 11 is 0. The number of methoxy groups -OCH3 is 1. The van der Waals surface area contributed by atoms with Crippen LogP contribution >= 0.6 is 0 Å². The summed E-state index contributed by atoms with van der Waals surface area (Å²) < 4.78 is 6.95. The topological polar surface area (TPSA) is 78.3 Å². The van der Waals surface area contributed by atoms with E-state index in [1.54, 1.807) is 17.8 Å². The lowest BCUT2D eigenvalue weighted by molar-refractivity contribution is 0.416. The van der Waals surface area contributed by atoms with Crippen molar-refractivity contribution in [1.29, 1.82) is 0 Å². The van der Waals surface area contributed by atoms with E-state index < -0.39 is 0 Å². The van der Waals surface area contributed by atoms with Crippen molar-refractivity contribution in [1.82, 2.24) is 19.6 Å². The lowest BCUT2D eigenvalue weighted by Gasteiger charge is -2.08. The Morgan fingerprint density at radius 1 is 1.22 bits per heavy atom. The van der Waals surface area contributed by atoms with Gasteiger partial charge in [0.1, 0.15) is 5.75 Å². The summed E-state index contributed by atoms with van der Waals surface area (Å²) in [4.78, 5) is 8.14. The van der Waals surface area contributed by atoms with Gasteiger partial charge in [0.15, 0.2) is 0 Å². The van der Waals surface area contributed by atoms with Crippen LogP contribution < -0.4 is 10.5 Å². The fourth-order valence-electron chi connectivity index (χ4n) is 1.87.